The number of aromatic hydroxyl groups is 2. The second-order valence-corrected chi connectivity index (χ2v) is 8.77. The molecule has 2 heterocycles. The summed E-state index contributed by atoms with van der Waals surface area (Å²) in [6.07, 6.45) is -10.6. The van der Waals surface area contributed by atoms with Crippen molar-refractivity contribution >= 4 is 5.97 Å². The van der Waals surface area contributed by atoms with Gasteiger partial charge < -0.3 is 59.4 Å². The van der Waals surface area contributed by atoms with Gasteiger partial charge in [0.05, 0.1) is 18.8 Å². The second-order valence-electron chi connectivity index (χ2n) is 8.77. The first-order valence-corrected chi connectivity index (χ1v) is 11.3. The molecular weight excluding hydrogens is 496 g/mol. The lowest BCUT2D eigenvalue weighted by atomic mass is 9.98. The number of phenolic OH excluding ortho intramolecular Hbond substituents is 2. The molecule has 7 N–H and O–H groups in total. The number of hydrogen-bond acceptors (Lipinski definition) is 13. The van der Waals surface area contributed by atoms with Crippen molar-refractivity contribution in [2.45, 2.75) is 48.7 Å². The van der Waals surface area contributed by atoms with E-state index >= 15 is 0 Å². The van der Waals surface area contributed by atoms with Crippen LogP contribution < -0.4 is 4.74 Å². The molecule has 202 valence electrons. The van der Waals surface area contributed by atoms with Gasteiger partial charge in [-0.1, -0.05) is 0 Å². The molecule has 2 aromatic carbocycles. The van der Waals surface area contributed by atoms with Crippen LogP contribution in [0.5, 0.6) is 17.2 Å². The summed E-state index contributed by atoms with van der Waals surface area (Å²) in [4.78, 5) is 12.2. The Kier molecular flexibility index (Phi) is 8.16. The van der Waals surface area contributed by atoms with E-state index in [1.807, 2.05) is 0 Å². The van der Waals surface area contributed by atoms with E-state index < -0.39 is 74.5 Å². The molecule has 2 fully saturated rings. The number of hydrogen-bond donors (Lipinski definition) is 7. The summed E-state index contributed by atoms with van der Waals surface area (Å²) in [5.74, 6) is -0.697. The topological polar surface area (TPSA) is 205 Å². The van der Waals surface area contributed by atoms with E-state index in [1.54, 1.807) is 0 Å². The van der Waals surface area contributed by atoms with E-state index in [9.17, 15) is 40.5 Å². The Labute approximate surface area is 210 Å². The molecule has 0 aromatic heterocycles. The number of carbonyl (C=O) groups is 1. The van der Waals surface area contributed by atoms with Gasteiger partial charge in [-0.15, -0.1) is 0 Å². The molecule has 2 aliphatic heterocycles. The van der Waals surface area contributed by atoms with E-state index in [4.69, 9.17) is 23.7 Å². The third kappa shape index (κ3) is 5.95. The number of rotatable bonds is 8. The summed E-state index contributed by atoms with van der Waals surface area (Å²) in [5, 5.41) is 70.8. The number of carbonyl (C=O) groups excluding carboxylic acids is 1. The van der Waals surface area contributed by atoms with Gasteiger partial charge >= 0.3 is 5.97 Å². The molecule has 37 heavy (non-hydrogen) atoms. The maximum absolute atomic E-state index is 12.2. The van der Waals surface area contributed by atoms with Crippen LogP contribution in [0.25, 0.3) is 0 Å². The molecule has 0 spiro atoms. The van der Waals surface area contributed by atoms with Gasteiger partial charge in [-0.3, -0.25) is 0 Å². The fourth-order valence-corrected chi connectivity index (χ4v) is 3.88. The van der Waals surface area contributed by atoms with Crippen LogP contribution in [-0.4, -0.2) is 110 Å². The fraction of sp³-hybridized carbons (Fsp3) is 0.458. The summed E-state index contributed by atoms with van der Waals surface area (Å²) in [5.41, 5.74) is -1.97. The average molecular weight is 524 g/mol. The third-order valence-electron chi connectivity index (χ3n) is 6.07. The predicted molar refractivity (Wildman–Crippen MR) is 120 cm³/mol. The van der Waals surface area contributed by atoms with Gasteiger partial charge in [0.1, 0.15) is 48.3 Å². The van der Waals surface area contributed by atoms with Gasteiger partial charge in [-0.25, -0.2) is 4.79 Å². The average Bonchev–Trinajstić information content (AvgIpc) is 3.17. The molecule has 0 unspecified atom stereocenters. The summed E-state index contributed by atoms with van der Waals surface area (Å²) in [6, 6.07) is 10.7. The lowest BCUT2D eigenvalue weighted by Gasteiger charge is -2.42. The molecule has 0 aliphatic carbocycles. The lowest BCUT2D eigenvalue weighted by molar-refractivity contribution is -0.318. The minimum absolute atomic E-state index is 0.0266. The number of ether oxygens (including phenoxy) is 5. The normalized spacial score (nSPS) is 33.7. The molecule has 2 aromatic rings. The molecule has 0 radical (unpaired) electrons. The minimum Gasteiger partial charge on any atom is -0.508 e. The van der Waals surface area contributed by atoms with Gasteiger partial charge in [0.15, 0.2) is 18.0 Å². The largest absolute Gasteiger partial charge is 0.508 e. The number of aliphatic hydroxyl groups is 5. The Morgan fingerprint density at radius 2 is 1.57 bits per heavy atom. The smallest absolute Gasteiger partial charge is 0.338 e. The predicted octanol–water partition coefficient (Wildman–Crippen LogP) is -1.39. The first-order chi connectivity index (χ1) is 17.6. The van der Waals surface area contributed by atoms with Crippen molar-refractivity contribution in [3.8, 4) is 17.2 Å². The number of benzene rings is 2. The van der Waals surface area contributed by atoms with E-state index in [0.29, 0.717) is 0 Å². The lowest BCUT2D eigenvalue weighted by Crippen LogP contribution is -2.62. The quantitative estimate of drug-likeness (QED) is 0.199. The highest BCUT2D eigenvalue weighted by atomic mass is 16.8. The van der Waals surface area contributed by atoms with Crippen molar-refractivity contribution in [3.63, 3.8) is 0 Å². The van der Waals surface area contributed by atoms with E-state index in [2.05, 4.69) is 0 Å². The third-order valence-corrected chi connectivity index (χ3v) is 6.07. The Bertz CT molecular complexity index is 1050. The Hall–Kier alpha value is -3.01. The van der Waals surface area contributed by atoms with Crippen LogP contribution >= 0.6 is 0 Å². The molecule has 8 atom stereocenters. The van der Waals surface area contributed by atoms with Crippen LogP contribution in [0, 0.1) is 0 Å². The fourth-order valence-electron chi connectivity index (χ4n) is 3.88. The number of esters is 1. The van der Waals surface area contributed by atoms with Crippen LogP contribution in [0.15, 0.2) is 48.5 Å². The SMILES string of the molecule is O=C(OC[C@]1(O)CO[C@@H](O[C@@H]2[C@H](Oc3ccc(O)cc3)O[C@H](CO)[C@@H](O)[C@@H]2O)[C@@H]1O)c1ccc(O)cc1. The highest BCUT2D eigenvalue weighted by Gasteiger charge is 2.54. The van der Waals surface area contributed by atoms with Crippen LogP contribution in [0.4, 0.5) is 0 Å². The van der Waals surface area contributed by atoms with Crippen LogP contribution in [-0.2, 0) is 18.9 Å². The van der Waals surface area contributed by atoms with Crippen molar-refractivity contribution < 1.29 is 64.2 Å². The van der Waals surface area contributed by atoms with Gasteiger partial charge in [-0.05, 0) is 48.5 Å². The van der Waals surface area contributed by atoms with E-state index in [0.717, 1.165) is 0 Å². The monoisotopic (exact) mass is 524 g/mol. The minimum atomic E-state index is -2.07. The number of phenols is 2. The zero-order valence-corrected chi connectivity index (χ0v) is 19.4. The van der Waals surface area contributed by atoms with Crippen molar-refractivity contribution in [1.29, 1.82) is 0 Å². The first-order valence-electron chi connectivity index (χ1n) is 11.3. The molecule has 4 rings (SSSR count). The highest BCUT2D eigenvalue weighted by Crippen LogP contribution is 2.32. The van der Waals surface area contributed by atoms with Crippen LogP contribution in [0.2, 0.25) is 0 Å². The van der Waals surface area contributed by atoms with Crippen molar-refractivity contribution in [1.82, 2.24) is 0 Å². The van der Waals surface area contributed by atoms with E-state index in [1.165, 1.54) is 48.5 Å². The van der Waals surface area contributed by atoms with Gasteiger partial charge in [0.25, 0.3) is 0 Å². The molecule has 2 aliphatic rings. The van der Waals surface area contributed by atoms with Crippen molar-refractivity contribution in [3.05, 3.63) is 54.1 Å². The standard InChI is InChI=1S/C24H28O13/c25-9-16-17(28)18(29)19(22(36-16)35-15-7-5-14(27)6-8-15)37-23-20(30)24(32,11-34-23)10-33-21(31)12-1-3-13(26)4-2-12/h1-8,16-20,22-23,25-30,32H,9-11H2/t16-,17-,18+,19+,20+,22-,23+,24+/m1/s1. The van der Waals surface area contributed by atoms with Crippen molar-refractivity contribution in [2.24, 2.45) is 0 Å². The van der Waals surface area contributed by atoms with Gasteiger partial charge in [-0.2, -0.15) is 0 Å². The van der Waals surface area contributed by atoms with E-state index in [-0.39, 0.29) is 22.8 Å². The summed E-state index contributed by atoms with van der Waals surface area (Å²) < 4.78 is 27.3. The molecule has 0 bridgehead atoms. The highest BCUT2D eigenvalue weighted by molar-refractivity contribution is 5.89. The molecule has 0 saturated carbocycles. The molecular formula is C24H28O13. The molecule has 13 heteroatoms. The second kappa shape index (κ2) is 11.2. The van der Waals surface area contributed by atoms with Crippen molar-refractivity contribution in [2.75, 3.05) is 19.8 Å². The van der Waals surface area contributed by atoms with Crippen LogP contribution in [0.1, 0.15) is 10.4 Å². The van der Waals surface area contributed by atoms with Gasteiger partial charge in [0, 0.05) is 0 Å². The molecule has 13 nitrogen and oxygen atoms in total. The zero-order chi connectivity index (χ0) is 26.7. The first kappa shape index (κ1) is 27.0. The Balaban J connectivity index is 1.43. The summed E-state index contributed by atoms with van der Waals surface area (Å²) in [6.45, 7) is -1.81. The number of aliphatic hydroxyl groups excluding tert-OH is 4. The summed E-state index contributed by atoms with van der Waals surface area (Å²) >= 11 is 0. The maximum Gasteiger partial charge on any atom is 0.338 e. The van der Waals surface area contributed by atoms with Gasteiger partial charge in [0.2, 0.25) is 6.29 Å². The maximum atomic E-state index is 12.2. The molecule has 2 saturated heterocycles. The Morgan fingerprint density at radius 3 is 2.19 bits per heavy atom. The molecule has 0 amide bonds. The Morgan fingerprint density at radius 1 is 0.946 bits per heavy atom. The summed E-state index contributed by atoms with van der Waals surface area (Å²) in [7, 11) is 0. The van der Waals surface area contributed by atoms with Crippen LogP contribution in [0.3, 0.4) is 0 Å². The zero-order valence-electron chi connectivity index (χ0n) is 19.4.